The van der Waals surface area contributed by atoms with Crippen molar-refractivity contribution in [2.45, 2.75) is 18.6 Å². The van der Waals surface area contributed by atoms with Crippen LogP contribution < -0.4 is 10.1 Å². The number of hydrogen-bond donors (Lipinski definition) is 1. The molecule has 1 saturated heterocycles. The molecule has 7 nitrogen and oxygen atoms in total. The molecule has 1 aliphatic rings. The molecular formula is C24H25N3O4. The third kappa shape index (κ3) is 4.83. The maximum Gasteiger partial charge on any atom is 0.254 e. The predicted molar refractivity (Wildman–Crippen MR) is 117 cm³/mol. The van der Waals surface area contributed by atoms with Crippen LogP contribution in [0.5, 0.6) is 5.75 Å². The normalized spacial score (nSPS) is 18.2. The smallest absolute Gasteiger partial charge is 0.254 e. The quantitative estimate of drug-likeness (QED) is 0.596. The molecule has 2 amide bonds. The first-order valence-corrected chi connectivity index (χ1v) is 10.3. The summed E-state index contributed by atoms with van der Waals surface area (Å²) in [5, 5.41) is 3.73. The van der Waals surface area contributed by atoms with E-state index in [0.717, 1.165) is 16.7 Å². The van der Waals surface area contributed by atoms with Crippen molar-refractivity contribution in [2.75, 3.05) is 26.8 Å². The maximum absolute atomic E-state index is 13.4. The summed E-state index contributed by atoms with van der Waals surface area (Å²) >= 11 is 0. The van der Waals surface area contributed by atoms with E-state index in [1.54, 1.807) is 24.3 Å². The molecule has 1 fully saturated rings. The average Bonchev–Trinajstić information content (AvgIpc) is 3.23. The number of likely N-dealkylation sites (tertiary alicyclic amines) is 1. The molecule has 0 unspecified atom stereocenters. The lowest BCUT2D eigenvalue weighted by Gasteiger charge is -2.23. The lowest BCUT2D eigenvalue weighted by molar-refractivity contribution is -0.125. The second-order valence-corrected chi connectivity index (χ2v) is 7.46. The number of pyridine rings is 1. The number of benzene rings is 2. The van der Waals surface area contributed by atoms with E-state index in [0.29, 0.717) is 31.7 Å². The van der Waals surface area contributed by atoms with E-state index in [-0.39, 0.29) is 17.9 Å². The number of rotatable bonds is 7. The first-order valence-electron chi connectivity index (χ1n) is 10.3. The average molecular weight is 419 g/mol. The Kier molecular flexibility index (Phi) is 6.43. The molecule has 2 atom stereocenters. The van der Waals surface area contributed by atoms with Gasteiger partial charge < -0.3 is 19.7 Å². The Balaban J connectivity index is 1.55. The minimum Gasteiger partial charge on any atom is -0.488 e. The molecule has 0 aliphatic carbocycles. The molecule has 3 aromatic rings. The van der Waals surface area contributed by atoms with Gasteiger partial charge in [0, 0.05) is 37.2 Å². The van der Waals surface area contributed by atoms with Gasteiger partial charge in [-0.1, -0.05) is 24.3 Å². The highest BCUT2D eigenvalue weighted by Gasteiger charge is 2.41. The number of ether oxygens (including phenoxy) is 2. The molecule has 4 rings (SSSR count). The molecular weight excluding hydrogens is 394 g/mol. The zero-order valence-electron chi connectivity index (χ0n) is 17.4. The molecule has 0 spiro atoms. The second kappa shape index (κ2) is 9.57. The summed E-state index contributed by atoms with van der Waals surface area (Å²) in [6.45, 7) is 1.13. The van der Waals surface area contributed by atoms with Crippen LogP contribution >= 0.6 is 0 Å². The van der Waals surface area contributed by atoms with Gasteiger partial charge in [0.15, 0.2) is 0 Å². The SMILES string of the molecule is COCCNC(=O)[C@@H]1C[C@H](Oc2ccccc2)CN1C(=O)c1ccc2ncccc2c1. The van der Waals surface area contributed by atoms with Crippen LogP contribution in [0.3, 0.4) is 0 Å². The molecule has 0 bridgehead atoms. The van der Waals surface area contributed by atoms with E-state index in [1.807, 2.05) is 54.6 Å². The van der Waals surface area contributed by atoms with Gasteiger partial charge >= 0.3 is 0 Å². The molecule has 2 heterocycles. The van der Waals surface area contributed by atoms with E-state index >= 15 is 0 Å². The van der Waals surface area contributed by atoms with E-state index in [2.05, 4.69) is 10.3 Å². The number of methoxy groups -OCH3 is 1. The lowest BCUT2D eigenvalue weighted by Crippen LogP contribution is -2.46. The number of nitrogens with one attached hydrogen (secondary N) is 1. The predicted octanol–water partition coefficient (Wildman–Crippen LogP) is 2.66. The number of nitrogens with zero attached hydrogens (tertiary/aromatic N) is 2. The van der Waals surface area contributed by atoms with E-state index < -0.39 is 6.04 Å². The van der Waals surface area contributed by atoms with Crippen molar-refractivity contribution in [2.24, 2.45) is 0 Å². The zero-order valence-corrected chi connectivity index (χ0v) is 17.4. The van der Waals surface area contributed by atoms with Crippen LogP contribution in [-0.4, -0.2) is 60.7 Å². The van der Waals surface area contributed by atoms with Crippen LogP contribution in [0.25, 0.3) is 10.9 Å². The third-order valence-corrected chi connectivity index (χ3v) is 5.33. The van der Waals surface area contributed by atoms with E-state index in [4.69, 9.17) is 9.47 Å². The number of amides is 2. The topological polar surface area (TPSA) is 80.8 Å². The van der Waals surface area contributed by atoms with Crippen molar-refractivity contribution >= 4 is 22.7 Å². The van der Waals surface area contributed by atoms with Gasteiger partial charge in [0.1, 0.15) is 17.9 Å². The first kappa shape index (κ1) is 20.8. The molecule has 1 aromatic heterocycles. The van der Waals surface area contributed by atoms with E-state index in [1.165, 1.54) is 0 Å². The number of fused-ring (bicyclic) bond motifs is 1. The Hall–Kier alpha value is -3.45. The molecule has 2 aromatic carbocycles. The first-order chi connectivity index (χ1) is 15.2. The second-order valence-electron chi connectivity index (χ2n) is 7.46. The summed E-state index contributed by atoms with van der Waals surface area (Å²) in [6.07, 6.45) is 1.87. The highest BCUT2D eigenvalue weighted by atomic mass is 16.5. The van der Waals surface area contributed by atoms with Gasteiger partial charge in [-0.3, -0.25) is 14.6 Å². The minimum absolute atomic E-state index is 0.197. The summed E-state index contributed by atoms with van der Waals surface area (Å²) in [5.74, 6) is 0.320. The van der Waals surface area contributed by atoms with Crippen LogP contribution in [0.4, 0.5) is 0 Å². The van der Waals surface area contributed by atoms with E-state index in [9.17, 15) is 9.59 Å². The summed E-state index contributed by atoms with van der Waals surface area (Å²) in [5.41, 5.74) is 1.34. The Labute approximate surface area is 181 Å². The molecule has 7 heteroatoms. The molecule has 1 aliphatic heterocycles. The number of carbonyl (C=O) groups is 2. The summed E-state index contributed by atoms with van der Waals surface area (Å²) < 4.78 is 11.1. The highest BCUT2D eigenvalue weighted by Crippen LogP contribution is 2.26. The Morgan fingerprint density at radius 1 is 1.13 bits per heavy atom. The number of aromatic nitrogens is 1. The van der Waals surface area contributed by atoms with Crippen LogP contribution in [0, 0.1) is 0 Å². The van der Waals surface area contributed by atoms with Crippen LogP contribution in [0.1, 0.15) is 16.8 Å². The maximum atomic E-state index is 13.4. The van der Waals surface area contributed by atoms with Crippen LogP contribution in [0.2, 0.25) is 0 Å². The van der Waals surface area contributed by atoms with Gasteiger partial charge in [-0.15, -0.1) is 0 Å². The van der Waals surface area contributed by atoms with Gasteiger partial charge in [0.25, 0.3) is 5.91 Å². The largest absolute Gasteiger partial charge is 0.488 e. The van der Waals surface area contributed by atoms with Crippen LogP contribution in [-0.2, 0) is 9.53 Å². The van der Waals surface area contributed by atoms with Crippen molar-refractivity contribution in [3.63, 3.8) is 0 Å². The monoisotopic (exact) mass is 419 g/mol. The molecule has 0 radical (unpaired) electrons. The van der Waals surface area contributed by atoms with Crippen molar-refractivity contribution in [3.05, 3.63) is 72.4 Å². The van der Waals surface area contributed by atoms with Gasteiger partial charge in [-0.2, -0.15) is 0 Å². The number of para-hydroxylation sites is 1. The van der Waals surface area contributed by atoms with Gasteiger partial charge in [-0.05, 0) is 36.4 Å². The molecule has 31 heavy (non-hydrogen) atoms. The highest BCUT2D eigenvalue weighted by molar-refractivity contribution is 6.00. The standard InChI is InChI=1S/C24H25N3O4/c1-30-13-12-26-23(28)22-15-20(31-19-7-3-2-4-8-19)16-27(22)24(29)18-9-10-21-17(14-18)6-5-11-25-21/h2-11,14,20,22H,12-13,15-16H2,1H3,(H,26,28)/t20-,22-/m0/s1. The molecule has 1 N–H and O–H groups in total. The zero-order chi connectivity index (χ0) is 21.6. The third-order valence-electron chi connectivity index (χ3n) is 5.33. The number of carbonyl (C=O) groups excluding carboxylic acids is 2. The van der Waals surface area contributed by atoms with Crippen molar-refractivity contribution in [1.29, 1.82) is 0 Å². The van der Waals surface area contributed by atoms with Crippen molar-refractivity contribution < 1.29 is 19.1 Å². The summed E-state index contributed by atoms with van der Waals surface area (Å²) in [7, 11) is 1.58. The number of hydrogen-bond acceptors (Lipinski definition) is 5. The Morgan fingerprint density at radius 2 is 1.97 bits per heavy atom. The Bertz CT molecular complexity index is 1060. The fourth-order valence-electron chi connectivity index (χ4n) is 3.82. The van der Waals surface area contributed by atoms with Crippen molar-refractivity contribution in [3.8, 4) is 5.75 Å². The van der Waals surface area contributed by atoms with Crippen LogP contribution in [0.15, 0.2) is 66.9 Å². The van der Waals surface area contributed by atoms with Gasteiger partial charge in [-0.25, -0.2) is 0 Å². The fourth-order valence-corrected chi connectivity index (χ4v) is 3.82. The Morgan fingerprint density at radius 3 is 2.77 bits per heavy atom. The summed E-state index contributed by atoms with van der Waals surface area (Å²) in [4.78, 5) is 32.1. The lowest BCUT2D eigenvalue weighted by atomic mass is 10.1. The molecule has 0 saturated carbocycles. The molecule has 160 valence electrons. The fraction of sp³-hybridized carbons (Fsp3) is 0.292. The van der Waals surface area contributed by atoms with Gasteiger partial charge in [0.05, 0.1) is 18.7 Å². The van der Waals surface area contributed by atoms with Crippen molar-refractivity contribution in [1.82, 2.24) is 15.2 Å². The minimum atomic E-state index is -0.609. The van der Waals surface area contributed by atoms with Gasteiger partial charge in [0.2, 0.25) is 5.91 Å². The summed E-state index contributed by atoms with van der Waals surface area (Å²) in [6, 6.07) is 18.0.